The van der Waals surface area contributed by atoms with Gasteiger partial charge < -0.3 is 14.8 Å². The van der Waals surface area contributed by atoms with Crippen LogP contribution in [0.3, 0.4) is 0 Å². The van der Waals surface area contributed by atoms with Crippen LogP contribution in [0.15, 0.2) is 29.4 Å². The number of nitrogens with one attached hydrogen (secondary N) is 1. The van der Waals surface area contributed by atoms with E-state index in [9.17, 15) is 4.79 Å². The molecule has 7 nitrogen and oxygen atoms in total. The zero-order chi connectivity index (χ0) is 17.6. The summed E-state index contributed by atoms with van der Waals surface area (Å²) in [6, 6.07) is 9.23. The monoisotopic (exact) mass is 356 g/mol. The normalized spacial score (nSPS) is 12.3. The number of nitriles is 1. The number of carbonyl (C=O) groups excluding carboxylic acids is 1. The van der Waals surface area contributed by atoms with E-state index in [0.29, 0.717) is 41.9 Å². The van der Waals surface area contributed by atoms with Crippen LogP contribution >= 0.6 is 11.8 Å². The summed E-state index contributed by atoms with van der Waals surface area (Å²) in [7, 11) is 1.37. The fraction of sp³-hybridized carbons (Fsp3) is 0.294. The van der Waals surface area contributed by atoms with Gasteiger partial charge in [0.15, 0.2) is 5.16 Å². The zero-order valence-electron chi connectivity index (χ0n) is 13.6. The molecule has 0 unspecified atom stereocenters. The van der Waals surface area contributed by atoms with Crippen LogP contribution in [-0.2, 0) is 27.5 Å². The van der Waals surface area contributed by atoms with Crippen LogP contribution in [0.25, 0.3) is 0 Å². The number of esters is 1. The Morgan fingerprint density at radius 3 is 2.88 bits per heavy atom. The Hall–Kier alpha value is -2.63. The van der Waals surface area contributed by atoms with Crippen molar-refractivity contribution in [2.75, 3.05) is 18.2 Å². The Balaban J connectivity index is 1.77. The molecule has 0 radical (unpaired) electrons. The predicted octanol–water partition coefficient (Wildman–Crippen LogP) is 2.78. The first kappa shape index (κ1) is 17.2. The highest BCUT2D eigenvalue weighted by atomic mass is 32.2. The lowest BCUT2D eigenvalue weighted by Gasteiger charge is -2.11. The van der Waals surface area contributed by atoms with Crippen molar-refractivity contribution in [3.8, 4) is 6.07 Å². The van der Waals surface area contributed by atoms with E-state index in [2.05, 4.69) is 26.1 Å². The fourth-order valence-corrected chi connectivity index (χ4v) is 3.07. The summed E-state index contributed by atoms with van der Waals surface area (Å²) >= 11 is 1.40. The number of hydrogen-bond acceptors (Lipinski definition) is 8. The molecule has 1 aromatic carbocycles. The van der Waals surface area contributed by atoms with Crippen LogP contribution in [-0.4, -0.2) is 28.8 Å². The molecule has 0 spiro atoms. The molecule has 128 valence electrons. The van der Waals surface area contributed by atoms with E-state index >= 15 is 0 Å². The quantitative estimate of drug-likeness (QED) is 0.479. The van der Waals surface area contributed by atoms with Crippen molar-refractivity contribution in [2.45, 2.75) is 24.8 Å². The number of fused-ring (bicyclic) bond motifs is 1. The predicted molar refractivity (Wildman–Crippen MR) is 92.3 cm³/mol. The minimum atomic E-state index is -0.257. The second kappa shape index (κ2) is 7.96. The molecule has 0 atom stereocenters. The molecule has 0 saturated heterocycles. The lowest BCUT2D eigenvalue weighted by Crippen LogP contribution is -2.05. The van der Waals surface area contributed by atoms with Gasteiger partial charge in [0.25, 0.3) is 0 Å². The van der Waals surface area contributed by atoms with Crippen molar-refractivity contribution in [1.82, 2.24) is 9.97 Å². The van der Waals surface area contributed by atoms with E-state index in [1.165, 1.54) is 18.9 Å². The molecule has 1 aromatic heterocycles. The van der Waals surface area contributed by atoms with Gasteiger partial charge in [-0.1, -0.05) is 11.8 Å². The van der Waals surface area contributed by atoms with Crippen LogP contribution in [0.4, 0.5) is 11.5 Å². The molecule has 0 aliphatic carbocycles. The zero-order valence-corrected chi connectivity index (χ0v) is 14.4. The maximum atomic E-state index is 11.2. The largest absolute Gasteiger partial charge is 0.469 e. The Bertz CT molecular complexity index is 818. The van der Waals surface area contributed by atoms with Crippen molar-refractivity contribution in [3.63, 3.8) is 0 Å². The summed E-state index contributed by atoms with van der Waals surface area (Å²) < 4.78 is 10.1. The van der Waals surface area contributed by atoms with Crippen LogP contribution in [0.1, 0.15) is 23.2 Å². The number of methoxy groups -OCH3 is 1. The van der Waals surface area contributed by atoms with E-state index < -0.39 is 0 Å². The molecule has 2 aromatic rings. The van der Waals surface area contributed by atoms with Gasteiger partial charge in [0.05, 0.1) is 44.1 Å². The number of carbonyl (C=O) groups is 1. The third kappa shape index (κ3) is 4.26. The molecule has 1 N–H and O–H groups in total. The number of benzene rings is 1. The van der Waals surface area contributed by atoms with Gasteiger partial charge in [-0.2, -0.15) is 5.26 Å². The third-order valence-corrected chi connectivity index (χ3v) is 4.45. The van der Waals surface area contributed by atoms with E-state index in [-0.39, 0.29) is 5.97 Å². The first-order valence-corrected chi connectivity index (χ1v) is 8.62. The molecule has 25 heavy (non-hydrogen) atoms. The third-order valence-electron chi connectivity index (χ3n) is 3.60. The van der Waals surface area contributed by atoms with Gasteiger partial charge in [0.2, 0.25) is 0 Å². The highest BCUT2D eigenvalue weighted by Gasteiger charge is 2.20. The Labute approximate surface area is 149 Å². The van der Waals surface area contributed by atoms with Gasteiger partial charge in [-0.25, -0.2) is 9.97 Å². The van der Waals surface area contributed by atoms with Crippen molar-refractivity contribution >= 4 is 29.2 Å². The first-order valence-electron chi connectivity index (χ1n) is 7.64. The van der Waals surface area contributed by atoms with Gasteiger partial charge >= 0.3 is 5.97 Å². The molecule has 3 rings (SSSR count). The van der Waals surface area contributed by atoms with Crippen LogP contribution in [0.5, 0.6) is 0 Å². The molecule has 2 heterocycles. The Kier molecular flexibility index (Phi) is 5.48. The van der Waals surface area contributed by atoms with Gasteiger partial charge in [-0.3, -0.25) is 4.79 Å². The van der Waals surface area contributed by atoms with Gasteiger partial charge in [0, 0.05) is 17.0 Å². The summed E-state index contributed by atoms with van der Waals surface area (Å²) in [5.41, 5.74) is 3.21. The highest BCUT2D eigenvalue weighted by Crippen LogP contribution is 2.29. The molecule has 1 aliphatic heterocycles. The van der Waals surface area contributed by atoms with E-state index in [0.717, 1.165) is 16.9 Å². The summed E-state index contributed by atoms with van der Waals surface area (Å²) in [6.07, 6.45) is 0.302. The second-order valence-electron chi connectivity index (χ2n) is 5.26. The van der Waals surface area contributed by atoms with Gasteiger partial charge in [-0.15, -0.1) is 0 Å². The summed E-state index contributed by atoms with van der Waals surface area (Å²) in [6.45, 7) is 0.908. The number of aromatic nitrogens is 2. The molecular weight excluding hydrogens is 340 g/mol. The topological polar surface area (TPSA) is 97.1 Å². The average Bonchev–Trinajstić information content (AvgIpc) is 3.11. The number of ether oxygens (including phenoxy) is 2. The maximum absolute atomic E-state index is 11.2. The highest BCUT2D eigenvalue weighted by molar-refractivity contribution is 7.99. The SMILES string of the molecule is COC(=O)CCSc1nc2c(c(Nc3ccc(C#N)cc3)n1)COC2. The fourth-order valence-electron chi connectivity index (χ4n) is 2.29. The molecule has 0 amide bonds. The standard InChI is InChI=1S/C17H16N4O3S/c1-23-15(22)6-7-25-17-20-14-10-24-9-13(14)16(21-17)19-12-4-2-11(8-18)3-5-12/h2-5H,6-7,9-10H2,1H3,(H,19,20,21). The van der Waals surface area contributed by atoms with E-state index in [4.69, 9.17) is 10.00 Å². The number of thioether (sulfide) groups is 1. The molecule has 0 saturated carbocycles. The number of nitrogens with zero attached hydrogens (tertiary/aromatic N) is 3. The summed E-state index contributed by atoms with van der Waals surface area (Å²) in [5.74, 6) is 0.975. The summed E-state index contributed by atoms with van der Waals surface area (Å²) in [4.78, 5) is 20.3. The van der Waals surface area contributed by atoms with Crippen molar-refractivity contribution in [2.24, 2.45) is 0 Å². The summed E-state index contributed by atoms with van der Waals surface area (Å²) in [5, 5.41) is 12.7. The van der Waals surface area contributed by atoms with Crippen LogP contribution in [0, 0.1) is 11.3 Å². The van der Waals surface area contributed by atoms with Crippen molar-refractivity contribution < 1.29 is 14.3 Å². The van der Waals surface area contributed by atoms with Crippen LogP contribution in [0.2, 0.25) is 0 Å². The smallest absolute Gasteiger partial charge is 0.306 e. The number of rotatable bonds is 6. The molecule has 1 aliphatic rings. The number of hydrogen-bond donors (Lipinski definition) is 1. The Morgan fingerprint density at radius 1 is 1.36 bits per heavy atom. The molecule has 8 heteroatoms. The van der Waals surface area contributed by atoms with Crippen molar-refractivity contribution in [1.29, 1.82) is 5.26 Å². The molecule has 0 fully saturated rings. The van der Waals surface area contributed by atoms with Gasteiger partial charge in [-0.05, 0) is 24.3 Å². The maximum Gasteiger partial charge on any atom is 0.306 e. The minimum Gasteiger partial charge on any atom is -0.469 e. The van der Waals surface area contributed by atoms with E-state index in [1.54, 1.807) is 12.1 Å². The first-order chi connectivity index (χ1) is 12.2. The molecule has 0 bridgehead atoms. The number of anilines is 2. The van der Waals surface area contributed by atoms with Crippen molar-refractivity contribution in [3.05, 3.63) is 41.1 Å². The molecular formula is C17H16N4O3S. The minimum absolute atomic E-state index is 0.257. The average molecular weight is 356 g/mol. The van der Waals surface area contributed by atoms with Gasteiger partial charge in [0.1, 0.15) is 5.82 Å². The second-order valence-corrected chi connectivity index (χ2v) is 6.32. The van der Waals surface area contributed by atoms with E-state index in [1.807, 2.05) is 12.1 Å². The Morgan fingerprint density at radius 2 is 2.16 bits per heavy atom. The lowest BCUT2D eigenvalue weighted by molar-refractivity contribution is -0.140. The lowest BCUT2D eigenvalue weighted by atomic mass is 10.2. The van der Waals surface area contributed by atoms with Crippen LogP contribution < -0.4 is 5.32 Å².